The lowest BCUT2D eigenvalue weighted by molar-refractivity contribution is 0.380. The van der Waals surface area contributed by atoms with Crippen LogP contribution in [0.5, 0.6) is 11.5 Å². The fourth-order valence-electron chi connectivity index (χ4n) is 2.24. The Balaban J connectivity index is 2.08. The Morgan fingerprint density at radius 1 is 0.708 bits per heavy atom. The summed E-state index contributed by atoms with van der Waals surface area (Å²) in [4.78, 5) is 10.2. The molecule has 4 heteroatoms. The van der Waals surface area contributed by atoms with Gasteiger partial charge in [-0.2, -0.15) is 0 Å². The lowest BCUT2D eigenvalue weighted by Gasteiger charge is -2.21. The zero-order valence-corrected chi connectivity index (χ0v) is 16.2. The van der Waals surface area contributed by atoms with Crippen molar-refractivity contribution in [1.29, 1.82) is 0 Å². The largest absolute Gasteiger partial charge is 0.460 e. The van der Waals surface area contributed by atoms with Crippen LogP contribution < -0.4 is 9.05 Å². The molecular weight excluding hydrogens is 319 g/mol. The second kappa shape index (κ2) is 7.13. The van der Waals surface area contributed by atoms with E-state index in [2.05, 4.69) is 53.7 Å². The molecule has 0 heterocycles. The van der Waals surface area contributed by atoms with Crippen molar-refractivity contribution in [1.82, 2.24) is 0 Å². The average Bonchev–Trinajstić information content (AvgIpc) is 2.46. The van der Waals surface area contributed by atoms with E-state index >= 15 is 0 Å². The Kier molecular flexibility index (Phi) is 5.57. The van der Waals surface area contributed by atoms with E-state index in [1.54, 1.807) is 0 Å². The van der Waals surface area contributed by atoms with Crippen LogP contribution in [-0.2, 0) is 10.8 Å². The lowest BCUT2D eigenvalue weighted by atomic mass is 9.87. The van der Waals surface area contributed by atoms with Crippen molar-refractivity contribution in [3.63, 3.8) is 0 Å². The first-order valence-corrected chi connectivity index (χ1v) is 9.25. The molecule has 0 aromatic heterocycles. The molecule has 0 spiro atoms. The van der Waals surface area contributed by atoms with Crippen LogP contribution in [0.4, 0.5) is 0 Å². The van der Waals surface area contributed by atoms with Crippen LogP contribution in [-0.4, -0.2) is 4.89 Å². The van der Waals surface area contributed by atoms with Crippen molar-refractivity contribution in [2.24, 2.45) is 0 Å². The van der Waals surface area contributed by atoms with E-state index in [9.17, 15) is 4.89 Å². The maximum absolute atomic E-state index is 10.2. The van der Waals surface area contributed by atoms with Crippen molar-refractivity contribution in [3.05, 3.63) is 59.7 Å². The smallest absolute Gasteiger partial charge is 0.418 e. The summed E-state index contributed by atoms with van der Waals surface area (Å²) in [5.74, 6) is 1.23. The van der Waals surface area contributed by atoms with E-state index < -0.39 is 8.60 Å². The van der Waals surface area contributed by atoms with Crippen LogP contribution in [0.15, 0.2) is 48.5 Å². The first-order chi connectivity index (χ1) is 11.1. The monoisotopic (exact) mass is 346 g/mol. The van der Waals surface area contributed by atoms with Crippen LogP contribution >= 0.6 is 8.60 Å². The molecule has 0 unspecified atom stereocenters. The zero-order chi connectivity index (χ0) is 18.0. The summed E-state index contributed by atoms with van der Waals surface area (Å²) in [6.07, 6.45) is 0. The van der Waals surface area contributed by atoms with Crippen LogP contribution in [0.1, 0.15) is 52.7 Å². The summed E-state index contributed by atoms with van der Waals surface area (Å²) in [5.41, 5.74) is 2.36. The summed E-state index contributed by atoms with van der Waals surface area (Å²) in [7, 11) is -2.03. The predicted molar refractivity (Wildman–Crippen MR) is 101 cm³/mol. The van der Waals surface area contributed by atoms with Crippen molar-refractivity contribution in [2.45, 2.75) is 52.4 Å². The fourth-order valence-corrected chi connectivity index (χ4v) is 2.86. The Morgan fingerprint density at radius 2 is 1.08 bits per heavy atom. The molecule has 0 atom stereocenters. The highest BCUT2D eigenvalue weighted by Gasteiger charge is 2.18. The highest BCUT2D eigenvalue weighted by Crippen LogP contribution is 2.38. The van der Waals surface area contributed by atoms with Gasteiger partial charge in [-0.15, -0.1) is 0 Å². The van der Waals surface area contributed by atoms with Crippen molar-refractivity contribution < 1.29 is 13.9 Å². The van der Waals surface area contributed by atoms with Crippen molar-refractivity contribution >= 4 is 8.60 Å². The van der Waals surface area contributed by atoms with Crippen LogP contribution in [0.3, 0.4) is 0 Å². The maximum Gasteiger partial charge on any atom is 0.460 e. The standard InChI is InChI=1S/C20H27O3P/c1-19(2,3)15-9-7-11-17(13-15)22-24(21)23-18-12-8-10-16(14-18)20(4,5)6/h7-14,21H,1-6H3. The van der Waals surface area contributed by atoms with Crippen molar-refractivity contribution in [2.75, 3.05) is 0 Å². The van der Waals surface area contributed by atoms with Gasteiger partial charge in [-0.25, -0.2) is 0 Å². The topological polar surface area (TPSA) is 38.7 Å². The molecular formula is C20H27O3P. The molecule has 24 heavy (non-hydrogen) atoms. The van der Waals surface area contributed by atoms with Crippen molar-refractivity contribution in [3.8, 4) is 11.5 Å². The molecule has 3 nitrogen and oxygen atoms in total. The normalized spacial score (nSPS) is 12.3. The minimum absolute atomic E-state index is 0.0273. The molecule has 0 aliphatic carbocycles. The van der Waals surface area contributed by atoms with Crippen LogP contribution in [0, 0.1) is 0 Å². The van der Waals surface area contributed by atoms with Gasteiger partial charge in [0.05, 0.1) is 0 Å². The van der Waals surface area contributed by atoms with Gasteiger partial charge in [0.25, 0.3) is 0 Å². The SMILES string of the molecule is CC(C)(C)c1cccc(OP(O)Oc2cccc(C(C)(C)C)c2)c1. The highest BCUT2D eigenvalue weighted by molar-refractivity contribution is 7.41. The molecule has 130 valence electrons. The third kappa shape index (κ3) is 5.22. The maximum atomic E-state index is 10.2. The highest BCUT2D eigenvalue weighted by atomic mass is 31.2. The Hall–Kier alpha value is -1.57. The second-order valence-electron chi connectivity index (χ2n) is 7.98. The third-order valence-electron chi connectivity index (χ3n) is 3.77. The van der Waals surface area contributed by atoms with E-state index in [-0.39, 0.29) is 10.8 Å². The molecule has 1 N–H and O–H groups in total. The first-order valence-electron chi connectivity index (χ1n) is 8.12. The van der Waals surface area contributed by atoms with E-state index in [0.717, 1.165) is 11.1 Å². The molecule has 0 aliphatic rings. The van der Waals surface area contributed by atoms with Gasteiger partial charge in [0.15, 0.2) is 0 Å². The van der Waals surface area contributed by atoms with Gasteiger partial charge >= 0.3 is 8.60 Å². The van der Waals surface area contributed by atoms with Crippen LogP contribution in [0.25, 0.3) is 0 Å². The number of hydrogen-bond donors (Lipinski definition) is 1. The summed E-state index contributed by atoms with van der Waals surface area (Å²) >= 11 is 0. The molecule has 0 fully saturated rings. The van der Waals surface area contributed by atoms with Gasteiger partial charge in [-0.3, -0.25) is 0 Å². The summed E-state index contributed by atoms with van der Waals surface area (Å²) in [6, 6.07) is 15.5. The van der Waals surface area contributed by atoms with Gasteiger partial charge < -0.3 is 13.9 Å². The van der Waals surface area contributed by atoms with Gasteiger partial charge in [-0.05, 0) is 46.2 Å². The number of hydrogen-bond acceptors (Lipinski definition) is 3. The molecule has 0 bridgehead atoms. The lowest BCUT2D eigenvalue weighted by Crippen LogP contribution is -2.11. The molecule has 2 rings (SSSR count). The molecule has 0 saturated carbocycles. The fraction of sp³-hybridized carbons (Fsp3) is 0.400. The number of rotatable bonds is 4. The summed E-state index contributed by atoms with van der Waals surface area (Å²) < 4.78 is 11.2. The Labute approximate surface area is 146 Å². The van der Waals surface area contributed by atoms with Gasteiger partial charge in [0, 0.05) is 0 Å². The molecule has 0 saturated heterocycles. The Morgan fingerprint density at radius 3 is 1.42 bits per heavy atom. The van der Waals surface area contributed by atoms with E-state index in [0.29, 0.717) is 11.5 Å². The number of benzene rings is 2. The van der Waals surface area contributed by atoms with Gasteiger partial charge in [0.2, 0.25) is 0 Å². The van der Waals surface area contributed by atoms with E-state index in [1.807, 2.05) is 36.4 Å². The Bertz CT molecular complexity index is 624. The molecule has 2 aromatic rings. The minimum Gasteiger partial charge on any atom is -0.418 e. The van der Waals surface area contributed by atoms with Crippen LogP contribution in [0.2, 0.25) is 0 Å². The second-order valence-corrected chi connectivity index (χ2v) is 8.82. The molecule has 0 aliphatic heterocycles. The molecule has 0 amide bonds. The molecule has 0 radical (unpaired) electrons. The molecule has 2 aromatic carbocycles. The van der Waals surface area contributed by atoms with Gasteiger partial charge in [0.1, 0.15) is 11.5 Å². The first kappa shape index (κ1) is 18.8. The summed E-state index contributed by atoms with van der Waals surface area (Å²) in [5, 5.41) is 0. The summed E-state index contributed by atoms with van der Waals surface area (Å²) in [6.45, 7) is 12.8. The van der Waals surface area contributed by atoms with E-state index in [1.165, 1.54) is 0 Å². The average molecular weight is 346 g/mol. The predicted octanol–water partition coefficient (Wildman–Crippen LogP) is 5.96. The third-order valence-corrected chi connectivity index (χ3v) is 4.50. The quantitative estimate of drug-likeness (QED) is 0.694. The minimum atomic E-state index is -2.03. The van der Waals surface area contributed by atoms with E-state index in [4.69, 9.17) is 9.05 Å². The zero-order valence-electron chi connectivity index (χ0n) is 15.3. The van der Waals surface area contributed by atoms with Gasteiger partial charge in [-0.1, -0.05) is 65.8 Å².